The highest BCUT2D eigenvalue weighted by atomic mass is 35.5. The summed E-state index contributed by atoms with van der Waals surface area (Å²) in [5.74, 6) is 0.695. The van der Waals surface area contributed by atoms with Crippen molar-refractivity contribution in [3.8, 4) is 0 Å². The van der Waals surface area contributed by atoms with Gasteiger partial charge in [0.25, 0.3) is 0 Å². The summed E-state index contributed by atoms with van der Waals surface area (Å²) in [6.45, 7) is 5.64. The van der Waals surface area contributed by atoms with E-state index in [0.29, 0.717) is 12.0 Å². The number of nitrogens with one attached hydrogen (secondary N) is 1. The van der Waals surface area contributed by atoms with Crippen molar-refractivity contribution >= 4 is 11.6 Å². The van der Waals surface area contributed by atoms with Crippen molar-refractivity contribution in [2.24, 2.45) is 5.92 Å². The van der Waals surface area contributed by atoms with Crippen molar-refractivity contribution in [1.29, 1.82) is 0 Å². The van der Waals surface area contributed by atoms with Gasteiger partial charge in [-0.3, -0.25) is 0 Å². The lowest BCUT2D eigenvalue weighted by atomic mass is 9.96. The van der Waals surface area contributed by atoms with Gasteiger partial charge in [-0.15, -0.1) is 0 Å². The van der Waals surface area contributed by atoms with E-state index in [-0.39, 0.29) is 0 Å². The number of halogens is 1. The third-order valence-electron chi connectivity index (χ3n) is 3.64. The molecule has 0 radical (unpaired) electrons. The fraction of sp³-hybridized carbons (Fsp3) is 0.625. The van der Waals surface area contributed by atoms with Crippen LogP contribution in [0.15, 0.2) is 18.2 Å². The third-order valence-corrected chi connectivity index (χ3v) is 3.98. The van der Waals surface area contributed by atoms with Gasteiger partial charge in [-0.1, -0.05) is 50.4 Å². The van der Waals surface area contributed by atoms with Crippen LogP contribution in [0.1, 0.15) is 56.7 Å². The molecule has 0 spiro atoms. The summed E-state index contributed by atoms with van der Waals surface area (Å²) in [4.78, 5) is 0. The lowest BCUT2D eigenvalue weighted by Gasteiger charge is -2.19. The molecule has 1 aliphatic rings. The van der Waals surface area contributed by atoms with E-state index >= 15 is 0 Å². The molecule has 2 heteroatoms. The minimum absolute atomic E-state index is 0.451. The second-order valence-electron chi connectivity index (χ2n) is 5.81. The Hall–Kier alpha value is -0.530. The highest BCUT2D eigenvalue weighted by Crippen LogP contribution is 2.30. The molecular formula is C16H24ClN. The SMILES string of the molecule is CC(C)Cc1ccc(Cl)c(C2CCCCCN2)c1. The first-order valence-corrected chi connectivity index (χ1v) is 7.56. The van der Waals surface area contributed by atoms with Crippen molar-refractivity contribution in [2.45, 2.75) is 52.0 Å². The molecule has 0 saturated carbocycles. The summed E-state index contributed by atoms with van der Waals surface area (Å²) in [5.41, 5.74) is 2.71. The summed E-state index contributed by atoms with van der Waals surface area (Å²) in [6.07, 6.45) is 6.29. The van der Waals surface area contributed by atoms with Crippen LogP contribution in [0.4, 0.5) is 0 Å². The zero-order valence-corrected chi connectivity index (χ0v) is 12.3. The number of benzene rings is 1. The molecule has 18 heavy (non-hydrogen) atoms. The van der Waals surface area contributed by atoms with Crippen molar-refractivity contribution in [2.75, 3.05) is 6.54 Å². The van der Waals surface area contributed by atoms with Crippen LogP contribution >= 0.6 is 11.6 Å². The monoisotopic (exact) mass is 265 g/mol. The Morgan fingerprint density at radius 2 is 2.11 bits per heavy atom. The van der Waals surface area contributed by atoms with Gasteiger partial charge in [0.15, 0.2) is 0 Å². The molecule has 1 saturated heterocycles. The van der Waals surface area contributed by atoms with Gasteiger partial charge in [-0.25, -0.2) is 0 Å². The number of rotatable bonds is 3. The highest BCUT2D eigenvalue weighted by molar-refractivity contribution is 6.31. The second-order valence-corrected chi connectivity index (χ2v) is 6.22. The molecular weight excluding hydrogens is 242 g/mol. The molecule has 1 heterocycles. The number of hydrogen-bond donors (Lipinski definition) is 1. The third kappa shape index (κ3) is 3.73. The molecule has 1 aliphatic heterocycles. The van der Waals surface area contributed by atoms with Crippen LogP contribution in [0.3, 0.4) is 0 Å². The van der Waals surface area contributed by atoms with E-state index in [1.165, 1.54) is 36.8 Å². The van der Waals surface area contributed by atoms with Gasteiger partial charge in [-0.05, 0) is 48.9 Å². The largest absolute Gasteiger partial charge is 0.310 e. The fourth-order valence-electron chi connectivity index (χ4n) is 2.75. The van der Waals surface area contributed by atoms with Crippen molar-refractivity contribution < 1.29 is 0 Å². The molecule has 0 aliphatic carbocycles. The maximum Gasteiger partial charge on any atom is 0.0453 e. The van der Waals surface area contributed by atoms with E-state index in [9.17, 15) is 0 Å². The molecule has 1 atom stereocenters. The van der Waals surface area contributed by atoms with Crippen LogP contribution in [0, 0.1) is 5.92 Å². The topological polar surface area (TPSA) is 12.0 Å². The Bertz CT molecular complexity index is 379. The molecule has 1 aromatic carbocycles. The van der Waals surface area contributed by atoms with Crippen molar-refractivity contribution in [3.05, 3.63) is 34.3 Å². The molecule has 0 amide bonds. The summed E-state index contributed by atoms with van der Waals surface area (Å²) in [6, 6.07) is 7.00. The fourth-order valence-corrected chi connectivity index (χ4v) is 3.00. The molecule has 1 nitrogen and oxygen atoms in total. The Labute approximate surface area is 116 Å². The lowest BCUT2D eigenvalue weighted by Crippen LogP contribution is -2.20. The quantitative estimate of drug-likeness (QED) is 0.832. The molecule has 1 N–H and O–H groups in total. The van der Waals surface area contributed by atoms with Crippen LogP contribution in [0.25, 0.3) is 0 Å². The van der Waals surface area contributed by atoms with Crippen LogP contribution in [-0.4, -0.2) is 6.54 Å². The van der Waals surface area contributed by atoms with E-state index in [4.69, 9.17) is 11.6 Å². The van der Waals surface area contributed by atoms with Crippen LogP contribution in [-0.2, 0) is 6.42 Å². The van der Waals surface area contributed by atoms with Gasteiger partial charge in [-0.2, -0.15) is 0 Å². The molecule has 2 rings (SSSR count). The van der Waals surface area contributed by atoms with E-state index in [2.05, 4.69) is 37.4 Å². The Morgan fingerprint density at radius 3 is 2.89 bits per heavy atom. The Kier molecular flexibility index (Phi) is 5.08. The first kappa shape index (κ1) is 13.9. The lowest BCUT2D eigenvalue weighted by molar-refractivity contribution is 0.533. The van der Waals surface area contributed by atoms with E-state index in [1.54, 1.807) is 0 Å². The maximum atomic E-state index is 6.38. The average Bonchev–Trinajstić information content (AvgIpc) is 2.59. The maximum absolute atomic E-state index is 6.38. The molecule has 1 fully saturated rings. The molecule has 1 aromatic rings. The predicted octanol–water partition coefficient (Wildman–Crippen LogP) is 4.74. The standard InChI is InChI=1S/C16H24ClN/c1-12(2)10-13-7-8-15(17)14(11-13)16-6-4-3-5-9-18-16/h7-8,11-12,16,18H,3-6,9-10H2,1-2H3. The normalized spacial score (nSPS) is 21.0. The summed E-state index contributed by atoms with van der Waals surface area (Å²) < 4.78 is 0. The Balaban J connectivity index is 2.18. The summed E-state index contributed by atoms with van der Waals surface area (Å²) in [7, 11) is 0. The van der Waals surface area contributed by atoms with Gasteiger partial charge in [0.2, 0.25) is 0 Å². The average molecular weight is 266 g/mol. The summed E-state index contributed by atoms with van der Waals surface area (Å²) >= 11 is 6.38. The smallest absolute Gasteiger partial charge is 0.0453 e. The first-order chi connectivity index (χ1) is 8.66. The number of hydrogen-bond acceptors (Lipinski definition) is 1. The van der Waals surface area contributed by atoms with Gasteiger partial charge < -0.3 is 5.32 Å². The van der Waals surface area contributed by atoms with Crippen LogP contribution in [0.2, 0.25) is 5.02 Å². The van der Waals surface area contributed by atoms with E-state index in [1.807, 2.05) is 0 Å². The predicted molar refractivity (Wildman–Crippen MR) is 79.2 cm³/mol. The van der Waals surface area contributed by atoms with Gasteiger partial charge in [0.05, 0.1) is 0 Å². The molecule has 100 valence electrons. The van der Waals surface area contributed by atoms with Crippen LogP contribution < -0.4 is 5.32 Å². The van der Waals surface area contributed by atoms with Crippen LogP contribution in [0.5, 0.6) is 0 Å². The minimum atomic E-state index is 0.451. The second kappa shape index (κ2) is 6.58. The minimum Gasteiger partial charge on any atom is -0.310 e. The van der Waals surface area contributed by atoms with Gasteiger partial charge >= 0.3 is 0 Å². The van der Waals surface area contributed by atoms with Gasteiger partial charge in [0, 0.05) is 11.1 Å². The highest BCUT2D eigenvalue weighted by Gasteiger charge is 2.16. The summed E-state index contributed by atoms with van der Waals surface area (Å²) in [5, 5.41) is 4.55. The Morgan fingerprint density at radius 1 is 1.28 bits per heavy atom. The molecule has 0 bridgehead atoms. The van der Waals surface area contributed by atoms with E-state index < -0.39 is 0 Å². The van der Waals surface area contributed by atoms with E-state index in [0.717, 1.165) is 18.0 Å². The molecule has 1 unspecified atom stereocenters. The zero-order valence-electron chi connectivity index (χ0n) is 11.5. The van der Waals surface area contributed by atoms with Crippen molar-refractivity contribution in [3.63, 3.8) is 0 Å². The first-order valence-electron chi connectivity index (χ1n) is 7.18. The van der Waals surface area contributed by atoms with Gasteiger partial charge in [0.1, 0.15) is 0 Å². The molecule has 0 aromatic heterocycles. The van der Waals surface area contributed by atoms with Crippen molar-refractivity contribution in [1.82, 2.24) is 5.32 Å². The zero-order chi connectivity index (χ0) is 13.0.